The standard InChI is InChI=1S/C14H20O3S/c1-10(2)8-11(3)17-9-13-5-4-12(18-13)6-7-14(15)16/h4-7,10-11H,8-9H2,1-3H3,(H,15,16). The Morgan fingerprint density at radius 2 is 2.17 bits per heavy atom. The van der Waals surface area contributed by atoms with Gasteiger partial charge in [0.2, 0.25) is 0 Å². The van der Waals surface area contributed by atoms with E-state index in [-0.39, 0.29) is 6.10 Å². The SMILES string of the molecule is CC(C)CC(C)OCc1ccc(C=CC(=O)O)s1. The highest BCUT2D eigenvalue weighted by molar-refractivity contribution is 7.12. The quantitative estimate of drug-likeness (QED) is 0.765. The molecule has 0 saturated carbocycles. The van der Waals surface area contributed by atoms with Crippen LogP contribution in [-0.4, -0.2) is 17.2 Å². The summed E-state index contributed by atoms with van der Waals surface area (Å²) in [5, 5.41) is 8.53. The molecule has 0 amide bonds. The normalized spacial score (nSPS) is 13.3. The Bertz CT molecular complexity index is 407. The van der Waals surface area contributed by atoms with E-state index >= 15 is 0 Å². The topological polar surface area (TPSA) is 46.5 Å². The summed E-state index contributed by atoms with van der Waals surface area (Å²) in [5.74, 6) is -0.288. The van der Waals surface area contributed by atoms with Crippen molar-refractivity contribution >= 4 is 23.4 Å². The molecule has 0 spiro atoms. The zero-order valence-electron chi connectivity index (χ0n) is 11.1. The van der Waals surface area contributed by atoms with Gasteiger partial charge < -0.3 is 9.84 Å². The molecule has 0 radical (unpaired) electrons. The van der Waals surface area contributed by atoms with E-state index in [1.54, 1.807) is 17.4 Å². The molecule has 0 aliphatic rings. The predicted octanol–water partition coefficient (Wildman–Crippen LogP) is 3.80. The van der Waals surface area contributed by atoms with Gasteiger partial charge in [0.15, 0.2) is 0 Å². The van der Waals surface area contributed by atoms with Crippen molar-refractivity contribution in [2.75, 3.05) is 0 Å². The van der Waals surface area contributed by atoms with Gasteiger partial charge in [0.25, 0.3) is 0 Å². The monoisotopic (exact) mass is 268 g/mol. The third-order valence-electron chi connectivity index (χ3n) is 2.39. The van der Waals surface area contributed by atoms with Crippen LogP contribution in [-0.2, 0) is 16.1 Å². The summed E-state index contributed by atoms with van der Waals surface area (Å²) in [5.41, 5.74) is 0. The number of rotatable bonds is 7. The fourth-order valence-corrected chi connectivity index (χ4v) is 2.51. The average Bonchev–Trinajstić information content (AvgIpc) is 2.70. The maximum Gasteiger partial charge on any atom is 0.328 e. The first-order valence-electron chi connectivity index (χ1n) is 6.08. The van der Waals surface area contributed by atoms with E-state index in [0.717, 1.165) is 22.3 Å². The second kappa shape index (κ2) is 7.34. The van der Waals surface area contributed by atoms with E-state index in [9.17, 15) is 4.79 Å². The molecule has 1 heterocycles. The summed E-state index contributed by atoms with van der Waals surface area (Å²) in [6.07, 6.45) is 4.06. The fourth-order valence-electron chi connectivity index (χ4n) is 1.67. The maximum atomic E-state index is 10.4. The second-order valence-corrected chi connectivity index (χ2v) is 5.93. The van der Waals surface area contributed by atoms with Gasteiger partial charge in [-0.3, -0.25) is 0 Å². The highest BCUT2D eigenvalue weighted by Crippen LogP contribution is 2.20. The molecule has 0 aliphatic carbocycles. The highest BCUT2D eigenvalue weighted by Gasteiger charge is 2.06. The third kappa shape index (κ3) is 5.98. The fraction of sp³-hybridized carbons (Fsp3) is 0.500. The number of aliphatic carboxylic acids is 1. The van der Waals surface area contributed by atoms with Crippen LogP contribution in [0.2, 0.25) is 0 Å². The molecule has 0 aromatic carbocycles. The molecule has 18 heavy (non-hydrogen) atoms. The summed E-state index contributed by atoms with van der Waals surface area (Å²) in [6, 6.07) is 3.89. The minimum absolute atomic E-state index is 0.255. The second-order valence-electron chi connectivity index (χ2n) is 4.73. The van der Waals surface area contributed by atoms with Crippen molar-refractivity contribution in [2.24, 2.45) is 5.92 Å². The molecule has 4 heteroatoms. The van der Waals surface area contributed by atoms with Crippen LogP contribution in [0.25, 0.3) is 6.08 Å². The third-order valence-corrected chi connectivity index (χ3v) is 3.41. The van der Waals surface area contributed by atoms with Gasteiger partial charge in [0.05, 0.1) is 12.7 Å². The predicted molar refractivity (Wildman–Crippen MR) is 74.7 cm³/mol. The van der Waals surface area contributed by atoms with Gasteiger partial charge in [-0.25, -0.2) is 4.79 Å². The van der Waals surface area contributed by atoms with Gasteiger partial charge >= 0.3 is 5.97 Å². The first kappa shape index (κ1) is 14.9. The minimum Gasteiger partial charge on any atom is -0.478 e. The first-order valence-corrected chi connectivity index (χ1v) is 6.90. The lowest BCUT2D eigenvalue weighted by molar-refractivity contribution is -0.131. The number of ether oxygens (including phenoxy) is 1. The lowest BCUT2D eigenvalue weighted by Gasteiger charge is -2.14. The van der Waals surface area contributed by atoms with Crippen LogP contribution in [0.3, 0.4) is 0 Å². The Morgan fingerprint density at radius 1 is 1.44 bits per heavy atom. The largest absolute Gasteiger partial charge is 0.478 e. The van der Waals surface area contributed by atoms with Crippen LogP contribution in [0.1, 0.15) is 36.9 Å². The van der Waals surface area contributed by atoms with Gasteiger partial charge in [0.1, 0.15) is 0 Å². The summed E-state index contributed by atoms with van der Waals surface area (Å²) >= 11 is 1.56. The van der Waals surface area contributed by atoms with Crippen molar-refractivity contribution in [3.8, 4) is 0 Å². The lowest BCUT2D eigenvalue weighted by Crippen LogP contribution is -2.10. The molecule has 1 aromatic heterocycles. The molecule has 0 aliphatic heterocycles. The molecular formula is C14H20O3S. The van der Waals surface area contributed by atoms with Crippen LogP contribution >= 0.6 is 11.3 Å². The molecule has 0 fully saturated rings. The smallest absolute Gasteiger partial charge is 0.328 e. The minimum atomic E-state index is -0.924. The number of carboxylic acids is 1. The van der Waals surface area contributed by atoms with Gasteiger partial charge in [-0.15, -0.1) is 11.3 Å². The molecule has 1 unspecified atom stereocenters. The average molecular weight is 268 g/mol. The molecule has 1 N–H and O–H groups in total. The van der Waals surface area contributed by atoms with Crippen molar-refractivity contribution in [3.05, 3.63) is 28.0 Å². The van der Waals surface area contributed by atoms with Crippen molar-refractivity contribution in [1.29, 1.82) is 0 Å². The molecular weight excluding hydrogens is 248 g/mol. The van der Waals surface area contributed by atoms with Gasteiger partial charge in [0, 0.05) is 15.8 Å². The Kier molecular flexibility index (Phi) is 6.09. The number of hydrogen-bond acceptors (Lipinski definition) is 3. The molecule has 1 aromatic rings. The number of carbonyl (C=O) groups is 1. The highest BCUT2D eigenvalue weighted by atomic mass is 32.1. The Morgan fingerprint density at radius 3 is 2.78 bits per heavy atom. The first-order chi connectivity index (χ1) is 8.47. The van der Waals surface area contributed by atoms with Crippen LogP contribution in [0.15, 0.2) is 18.2 Å². The Labute approximate surface area is 112 Å². The van der Waals surface area contributed by atoms with Crippen molar-refractivity contribution in [2.45, 2.75) is 39.9 Å². The van der Waals surface area contributed by atoms with E-state index in [1.807, 2.05) is 12.1 Å². The summed E-state index contributed by atoms with van der Waals surface area (Å²) in [4.78, 5) is 12.4. The van der Waals surface area contributed by atoms with E-state index < -0.39 is 5.97 Å². The summed E-state index contributed by atoms with van der Waals surface area (Å²) < 4.78 is 5.75. The van der Waals surface area contributed by atoms with Gasteiger partial charge in [-0.05, 0) is 37.5 Å². The zero-order chi connectivity index (χ0) is 13.5. The zero-order valence-corrected chi connectivity index (χ0v) is 11.9. The molecule has 1 rings (SSSR count). The van der Waals surface area contributed by atoms with Crippen molar-refractivity contribution in [1.82, 2.24) is 0 Å². The molecule has 0 bridgehead atoms. The number of carboxylic acid groups (broad SMARTS) is 1. The van der Waals surface area contributed by atoms with E-state index in [2.05, 4.69) is 20.8 Å². The van der Waals surface area contributed by atoms with Crippen LogP contribution in [0.4, 0.5) is 0 Å². The van der Waals surface area contributed by atoms with E-state index in [0.29, 0.717) is 12.5 Å². The molecule has 100 valence electrons. The van der Waals surface area contributed by atoms with E-state index in [1.165, 1.54) is 0 Å². The molecule has 3 nitrogen and oxygen atoms in total. The van der Waals surface area contributed by atoms with Crippen LogP contribution in [0.5, 0.6) is 0 Å². The van der Waals surface area contributed by atoms with Crippen LogP contribution in [0, 0.1) is 5.92 Å². The Balaban J connectivity index is 2.42. The van der Waals surface area contributed by atoms with Gasteiger partial charge in [-0.1, -0.05) is 13.8 Å². The number of thiophene rings is 1. The van der Waals surface area contributed by atoms with E-state index in [4.69, 9.17) is 9.84 Å². The van der Waals surface area contributed by atoms with Crippen molar-refractivity contribution in [3.63, 3.8) is 0 Å². The molecule has 0 saturated heterocycles. The Hall–Kier alpha value is -1.13. The van der Waals surface area contributed by atoms with Crippen LogP contribution < -0.4 is 0 Å². The number of hydrogen-bond donors (Lipinski definition) is 1. The lowest BCUT2D eigenvalue weighted by atomic mass is 10.1. The van der Waals surface area contributed by atoms with Gasteiger partial charge in [-0.2, -0.15) is 0 Å². The summed E-state index contributed by atoms with van der Waals surface area (Å²) in [6.45, 7) is 7.04. The summed E-state index contributed by atoms with van der Waals surface area (Å²) in [7, 11) is 0. The van der Waals surface area contributed by atoms with Crippen molar-refractivity contribution < 1.29 is 14.6 Å². The maximum absolute atomic E-state index is 10.4. The molecule has 1 atom stereocenters.